The highest BCUT2D eigenvalue weighted by molar-refractivity contribution is 8.00. The molecular formula is C17H13ClFN5OS. The monoisotopic (exact) mass is 389 g/mol. The number of hydrogen-bond donors (Lipinski definition) is 2. The average Bonchev–Trinajstić information content (AvgIpc) is 3.17. The van der Waals surface area contributed by atoms with Crippen LogP contribution in [0.2, 0.25) is 5.02 Å². The lowest BCUT2D eigenvalue weighted by atomic mass is 10.3. The number of fused-ring (bicyclic) bond motifs is 3. The predicted molar refractivity (Wildman–Crippen MR) is 100 cm³/mol. The molecule has 0 aliphatic heterocycles. The third-order valence-corrected chi connectivity index (χ3v) is 5.21. The number of nitrogens with zero attached hydrogens (tertiary/aromatic N) is 3. The van der Waals surface area contributed by atoms with Crippen LogP contribution in [0.3, 0.4) is 0 Å². The van der Waals surface area contributed by atoms with Gasteiger partial charge in [-0.2, -0.15) is 0 Å². The number of anilines is 1. The van der Waals surface area contributed by atoms with E-state index in [4.69, 9.17) is 11.6 Å². The fraction of sp³-hybridized carbons (Fsp3) is 0.118. The van der Waals surface area contributed by atoms with Gasteiger partial charge < -0.3 is 5.32 Å². The number of imidazole rings is 1. The van der Waals surface area contributed by atoms with Crippen LogP contribution in [0.25, 0.3) is 16.8 Å². The first-order valence-corrected chi connectivity index (χ1v) is 9.03. The zero-order chi connectivity index (χ0) is 18.3. The molecule has 1 atom stereocenters. The molecular weight excluding hydrogens is 377 g/mol. The minimum Gasteiger partial charge on any atom is -0.324 e. The van der Waals surface area contributed by atoms with Crippen LogP contribution >= 0.6 is 23.4 Å². The first-order chi connectivity index (χ1) is 12.5. The maximum absolute atomic E-state index is 13.1. The van der Waals surface area contributed by atoms with Crippen molar-refractivity contribution in [1.82, 2.24) is 19.6 Å². The molecule has 9 heteroatoms. The number of para-hydroxylation sites is 2. The van der Waals surface area contributed by atoms with E-state index < -0.39 is 11.1 Å². The number of aromatic nitrogens is 4. The molecule has 0 saturated heterocycles. The standard InChI is InChI=1S/C17H13ClFN5OS/c1-9(15(25)20-12-7-6-10(19)8-11(12)18)26-17-23-22-16-21-13-4-2-3-5-14(13)24(16)17/h2-9H,1H3,(H,20,25)(H,21,22)/t9-/m0/s1. The van der Waals surface area contributed by atoms with Crippen LogP contribution in [0.5, 0.6) is 0 Å². The van der Waals surface area contributed by atoms with Gasteiger partial charge in [0, 0.05) is 0 Å². The lowest BCUT2D eigenvalue weighted by Gasteiger charge is -2.12. The second-order valence-electron chi connectivity index (χ2n) is 5.64. The third kappa shape index (κ3) is 3.02. The maximum atomic E-state index is 13.1. The highest BCUT2D eigenvalue weighted by Crippen LogP contribution is 2.28. The number of thioether (sulfide) groups is 1. The maximum Gasteiger partial charge on any atom is 0.237 e. The Labute approximate surface area is 156 Å². The van der Waals surface area contributed by atoms with Crippen LogP contribution in [0.15, 0.2) is 47.6 Å². The normalized spacial score (nSPS) is 12.6. The summed E-state index contributed by atoms with van der Waals surface area (Å²) >= 11 is 7.25. The summed E-state index contributed by atoms with van der Waals surface area (Å²) in [5.41, 5.74) is 2.12. The van der Waals surface area contributed by atoms with Crippen LogP contribution in [0, 0.1) is 5.82 Å². The Hall–Kier alpha value is -2.58. The topological polar surface area (TPSA) is 75.1 Å². The van der Waals surface area contributed by atoms with Gasteiger partial charge >= 0.3 is 0 Å². The van der Waals surface area contributed by atoms with Crippen LogP contribution < -0.4 is 5.32 Å². The Morgan fingerprint density at radius 1 is 1.35 bits per heavy atom. The van der Waals surface area contributed by atoms with Gasteiger partial charge in [0.15, 0.2) is 5.16 Å². The first kappa shape index (κ1) is 16.9. The van der Waals surface area contributed by atoms with Crippen LogP contribution in [0.4, 0.5) is 10.1 Å². The second-order valence-corrected chi connectivity index (χ2v) is 7.35. The van der Waals surface area contributed by atoms with Crippen molar-refractivity contribution in [2.75, 3.05) is 5.32 Å². The molecule has 26 heavy (non-hydrogen) atoms. The van der Waals surface area contributed by atoms with Crippen molar-refractivity contribution in [3.63, 3.8) is 0 Å². The first-order valence-electron chi connectivity index (χ1n) is 7.77. The van der Waals surface area contributed by atoms with Gasteiger partial charge in [0.05, 0.1) is 27.0 Å². The Morgan fingerprint density at radius 2 is 2.15 bits per heavy atom. The molecule has 2 heterocycles. The average molecular weight is 390 g/mol. The van der Waals surface area contributed by atoms with Gasteiger partial charge in [-0.3, -0.25) is 9.20 Å². The summed E-state index contributed by atoms with van der Waals surface area (Å²) in [6, 6.07) is 11.5. The molecule has 4 aromatic rings. The van der Waals surface area contributed by atoms with Crippen molar-refractivity contribution in [3.05, 3.63) is 53.3 Å². The van der Waals surface area contributed by atoms with E-state index in [1.165, 1.54) is 23.9 Å². The summed E-state index contributed by atoms with van der Waals surface area (Å²) in [5, 5.41) is 10.2. The zero-order valence-corrected chi connectivity index (χ0v) is 15.1. The molecule has 2 N–H and O–H groups in total. The molecule has 2 aromatic carbocycles. The Balaban J connectivity index is 1.57. The molecule has 0 saturated carbocycles. The van der Waals surface area contributed by atoms with Gasteiger partial charge in [-0.1, -0.05) is 35.5 Å². The Bertz CT molecular complexity index is 1120. The predicted octanol–water partition coefficient (Wildman–Crippen LogP) is 4.12. The number of amides is 1. The Morgan fingerprint density at radius 3 is 2.96 bits per heavy atom. The van der Waals surface area contributed by atoms with Crippen molar-refractivity contribution in [2.45, 2.75) is 17.3 Å². The van der Waals surface area contributed by atoms with Crippen molar-refractivity contribution < 1.29 is 9.18 Å². The molecule has 0 spiro atoms. The van der Waals surface area contributed by atoms with E-state index in [-0.39, 0.29) is 10.9 Å². The molecule has 132 valence electrons. The van der Waals surface area contributed by atoms with E-state index in [1.54, 1.807) is 6.92 Å². The van der Waals surface area contributed by atoms with E-state index in [0.29, 0.717) is 16.6 Å². The quantitative estimate of drug-likeness (QED) is 0.515. The van der Waals surface area contributed by atoms with Crippen molar-refractivity contribution >= 4 is 51.8 Å². The number of carbonyl (C=O) groups is 1. The van der Waals surface area contributed by atoms with Crippen LogP contribution in [-0.4, -0.2) is 30.7 Å². The van der Waals surface area contributed by atoms with Gasteiger partial charge in [-0.25, -0.2) is 14.5 Å². The minimum atomic E-state index is -0.457. The molecule has 0 radical (unpaired) electrons. The molecule has 0 unspecified atom stereocenters. The molecule has 0 aliphatic rings. The van der Waals surface area contributed by atoms with Gasteiger partial charge in [0.2, 0.25) is 11.7 Å². The summed E-state index contributed by atoms with van der Waals surface area (Å²) in [4.78, 5) is 16.9. The van der Waals surface area contributed by atoms with Gasteiger partial charge in [-0.05, 0) is 37.3 Å². The number of halogens is 2. The van der Waals surface area contributed by atoms with Gasteiger partial charge in [-0.15, -0.1) is 5.10 Å². The summed E-state index contributed by atoms with van der Waals surface area (Å²) in [5.74, 6) is -0.103. The molecule has 0 aliphatic carbocycles. The van der Waals surface area contributed by atoms with E-state index in [2.05, 4.69) is 20.5 Å². The van der Waals surface area contributed by atoms with E-state index in [9.17, 15) is 9.18 Å². The van der Waals surface area contributed by atoms with Crippen molar-refractivity contribution in [1.29, 1.82) is 0 Å². The largest absolute Gasteiger partial charge is 0.324 e. The van der Waals surface area contributed by atoms with Crippen molar-refractivity contribution in [3.8, 4) is 0 Å². The SMILES string of the molecule is C[C@H](Sc1n[nH]c2nc3ccccc3n12)C(=O)Nc1ccc(F)cc1Cl. The van der Waals surface area contributed by atoms with E-state index >= 15 is 0 Å². The highest BCUT2D eigenvalue weighted by atomic mass is 35.5. The molecule has 2 aromatic heterocycles. The fourth-order valence-corrected chi connectivity index (χ4v) is 3.64. The Kier molecular flexibility index (Phi) is 4.29. The number of hydrogen-bond acceptors (Lipinski definition) is 4. The minimum absolute atomic E-state index is 0.151. The smallest absolute Gasteiger partial charge is 0.237 e. The lowest BCUT2D eigenvalue weighted by molar-refractivity contribution is -0.115. The molecule has 0 fully saturated rings. The number of benzene rings is 2. The summed E-state index contributed by atoms with van der Waals surface area (Å²) in [7, 11) is 0. The number of H-pyrrole nitrogens is 1. The van der Waals surface area contributed by atoms with Crippen LogP contribution in [-0.2, 0) is 4.79 Å². The van der Waals surface area contributed by atoms with E-state index in [1.807, 2.05) is 28.7 Å². The molecule has 6 nitrogen and oxygen atoms in total. The summed E-state index contributed by atoms with van der Waals surface area (Å²) in [6.45, 7) is 1.76. The fourth-order valence-electron chi connectivity index (χ4n) is 2.56. The lowest BCUT2D eigenvalue weighted by Crippen LogP contribution is -2.22. The number of nitrogens with one attached hydrogen (secondary N) is 2. The molecule has 4 rings (SSSR count). The van der Waals surface area contributed by atoms with Crippen molar-refractivity contribution in [2.24, 2.45) is 0 Å². The number of carbonyl (C=O) groups excluding carboxylic acids is 1. The number of rotatable bonds is 4. The van der Waals surface area contributed by atoms with Gasteiger partial charge in [0.1, 0.15) is 5.82 Å². The summed E-state index contributed by atoms with van der Waals surface area (Å²) in [6.07, 6.45) is 0. The van der Waals surface area contributed by atoms with Crippen LogP contribution in [0.1, 0.15) is 6.92 Å². The third-order valence-electron chi connectivity index (χ3n) is 3.84. The summed E-state index contributed by atoms with van der Waals surface area (Å²) < 4.78 is 15.0. The second kappa shape index (κ2) is 6.62. The number of aromatic amines is 1. The molecule has 0 bridgehead atoms. The molecule has 1 amide bonds. The zero-order valence-electron chi connectivity index (χ0n) is 13.5. The van der Waals surface area contributed by atoms with E-state index in [0.717, 1.165) is 17.1 Å². The highest BCUT2D eigenvalue weighted by Gasteiger charge is 2.20. The van der Waals surface area contributed by atoms with Gasteiger partial charge in [0.25, 0.3) is 0 Å².